The second-order valence-corrected chi connectivity index (χ2v) is 6.19. The maximum absolute atomic E-state index is 6.14. The van der Waals surface area contributed by atoms with Gasteiger partial charge in [0, 0.05) is 23.2 Å². The molecule has 4 rings (SSSR count). The van der Waals surface area contributed by atoms with Crippen molar-refractivity contribution in [1.29, 1.82) is 0 Å². The van der Waals surface area contributed by atoms with Gasteiger partial charge < -0.3 is 4.42 Å². The van der Waals surface area contributed by atoms with Crippen molar-refractivity contribution < 1.29 is 4.42 Å². The molecule has 4 aromatic rings. The van der Waals surface area contributed by atoms with E-state index >= 15 is 0 Å². The predicted molar refractivity (Wildman–Crippen MR) is 93.6 cm³/mol. The summed E-state index contributed by atoms with van der Waals surface area (Å²) in [6, 6.07) is 12.3. The first-order valence-electron chi connectivity index (χ1n) is 7.88. The highest BCUT2D eigenvalue weighted by Gasteiger charge is 2.16. The minimum absolute atomic E-state index is 0.458. The van der Waals surface area contributed by atoms with Crippen molar-refractivity contribution in [3.63, 3.8) is 0 Å². The molecule has 1 aromatic carbocycles. The van der Waals surface area contributed by atoms with Crippen molar-refractivity contribution in [2.24, 2.45) is 0 Å². The van der Waals surface area contributed by atoms with E-state index in [0.29, 0.717) is 5.92 Å². The molecule has 3 heterocycles. The van der Waals surface area contributed by atoms with Crippen LogP contribution in [0.2, 0.25) is 0 Å². The Morgan fingerprint density at radius 2 is 1.83 bits per heavy atom. The van der Waals surface area contributed by atoms with E-state index in [4.69, 9.17) is 4.42 Å². The largest absolute Gasteiger partial charge is 0.455 e. The maximum Gasteiger partial charge on any atom is 0.148 e. The van der Waals surface area contributed by atoms with Crippen molar-refractivity contribution in [2.45, 2.75) is 26.7 Å². The molecule has 0 saturated heterocycles. The molecule has 0 fully saturated rings. The summed E-state index contributed by atoms with van der Waals surface area (Å²) < 4.78 is 6.14. The monoisotopic (exact) mass is 302 g/mol. The fourth-order valence-electron chi connectivity index (χ4n) is 3.01. The number of furan rings is 1. The molecule has 0 bridgehead atoms. The van der Waals surface area contributed by atoms with Crippen LogP contribution in [0.3, 0.4) is 0 Å². The minimum atomic E-state index is 0.458. The van der Waals surface area contributed by atoms with Gasteiger partial charge in [-0.3, -0.25) is 9.97 Å². The number of rotatable bonds is 2. The second-order valence-electron chi connectivity index (χ2n) is 6.19. The van der Waals surface area contributed by atoms with Gasteiger partial charge in [0.15, 0.2) is 0 Å². The van der Waals surface area contributed by atoms with Gasteiger partial charge in [-0.25, -0.2) is 0 Å². The maximum atomic E-state index is 6.14. The van der Waals surface area contributed by atoms with Gasteiger partial charge >= 0.3 is 0 Å². The molecule has 0 spiro atoms. The van der Waals surface area contributed by atoms with Gasteiger partial charge in [-0.15, -0.1) is 0 Å². The van der Waals surface area contributed by atoms with Crippen LogP contribution >= 0.6 is 0 Å². The van der Waals surface area contributed by atoms with Crippen LogP contribution in [-0.2, 0) is 0 Å². The van der Waals surface area contributed by atoms with Gasteiger partial charge in [-0.1, -0.05) is 32.0 Å². The summed E-state index contributed by atoms with van der Waals surface area (Å²) in [7, 11) is 0. The van der Waals surface area contributed by atoms with E-state index < -0.39 is 0 Å². The molecule has 0 atom stereocenters. The second kappa shape index (κ2) is 5.20. The van der Waals surface area contributed by atoms with E-state index in [1.54, 1.807) is 0 Å². The molecule has 0 aliphatic heterocycles. The lowest BCUT2D eigenvalue weighted by Crippen LogP contribution is -1.94. The number of aryl methyl sites for hydroxylation is 1. The summed E-state index contributed by atoms with van der Waals surface area (Å²) in [5.74, 6) is 0.458. The molecule has 0 unspecified atom stereocenters. The first-order valence-corrected chi connectivity index (χ1v) is 7.88. The summed E-state index contributed by atoms with van der Waals surface area (Å²) in [6.07, 6.45) is 3.76. The normalized spacial score (nSPS) is 11.7. The van der Waals surface area contributed by atoms with Crippen molar-refractivity contribution in [2.75, 3.05) is 0 Å². The molecule has 114 valence electrons. The van der Waals surface area contributed by atoms with Crippen LogP contribution in [0.4, 0.5) is 0 Å². The SMILES string of the molecule is Cc1ncc2c(oc3ccccc32)c1-c1cc(C(C)C)ccn1. The summed E-state index contributed by atoms with van der Waals surface area (Å²) in [4.78, 5) is 9.15. The first kappa shape index (κ1) is 13.9. The number of hydrogen-bond donors (Lipinski definition) is 0. The predicted octanol–water partition coefficient (Wildman–Crippen LogP) is 5.47. The summed E-state index contributed by atoms with van der Waals surface area (Å²) >= 11 is 0. The third kappa shape index (κ3) is 2.20. The molecule has 0 aliphatic carbocycles. The molecule has 3 aromatic heterocycles. The zero-order chi connectivity index (χ0) is 16.0. The van der Waals surface area contributed by atoms with Gasteiger partial charge in [-0.05, 0) is 36.6 Å². The van der Waals surface area contributed by atoms with Crippen LogP contribution in [0.5, 0.6) is 0 Å². The van der Waals surface area contributed by atoms with Crippen LogP contribution in [0, 0.1) is 6.92 Å². The zero-order valence-corrected chi connectivity index (χ0v) is 13.5. The van der Waals surface area contributed by atoms with Crippen LogP contribution in [0.1, 0.15) is 31.0 Å². The summed E-state index contributed by atoms with van der Waals surface area (Å²) in [5, 5.41) is 2.13. The van der Waals surface area contributed by atoms with E-state index in [-0.39, 0.29) is 0 Å². The molecule has 0 N–H and O–H groups in total. The van der Waals surface area contributed by atoms with Gasteiger partial charge in [0.1, 0.15) is 11.2 Å². The highest BCUT2D eigenvalue weighted by atomic mass is 16.3. The average molecular weight is 302 g/mol. The third-order valence-corrected chi connectivity index (χ3v) is 4.32. The Morgan fingerprint density at radius 1 is 1.00 bits per heavy atom. The van der Waals surface area contributed by atoms with E-state index in [0.717, 1.165) is 38.9 Å². The van der Waals surface area contributed by atoms with E-state index in [1.165, 1.54) is 5.56 Å². The molecular formula is C20H18N2O. The average Bonchev–Trinajstić information content (AvgIpc) is 2.93. The topological polar surface area (TPSA) is 38.9 Å². The number of pyridine rings is 2. The lowest BCUT2D eigenvalue weighted by Gasteiger charge is -2.09. The third-order valence-electron chi connectivity index (χ3n) is 4.32. The Bertz CT molecular complexity index is 1010. The standard InChI is InChI=1S/C20H18N2O/c1-12(2)14-8-9-21-17(10-14)19-13(3)22-11-16-15-6-4-5-7-18(15)23-20(16)19/h4-12H,1-3H3. The summed E-state index contributed by atoms with van der Waals surface area (Å²) in [5.41, 5.74) is 5.86. The Labute approximate surface area is 135 Å². The minimum Gasteiger partial charge on any atom is -0.455 e. The molecule has 23 heavy (non-hydrogen) atoms. The van der Waals surface area contributed by atoms with Gasteiger partial charge in [-0.2, -0.15) is 0 Å². The number of benzene rings is 1. The van der Waals surface area contributed by atoms with Crippen molar-refractivity contribution in [1.82, 2.24) is 9.97 Å². The fourth-order valence-corrected chi connectivity index (χ4v) is 3.01. The molecule has 3 heteroatoms. The number of nitrogens with zero attached hydrogens (tertiary/aromatic N) is 2. The molecular weight excluding hydrogens is 284 g/mol. The van der Waals surface area contributed by atoms with Gasteiger partial charge in [0.05, 0.1) is 17.0 Å². The number of hydrogen-bond acceptors (Lipinski definition) is 3. The van der Waals surface area contributed by atoms with Crippen molar-refractivity contribution in [3.8, 4) is 11.3 Å². The highest BCUT2D eigenvalue weighted by molar-refractivity contribution is 6.09. The quantitative estimate of drug-likeness (QED) is 0.492. The van der Waals surface area contributed by atoms with Crippen molar-refractivity contribution >= 4 is 21.9 Å². The van der Waals surface area contributed by atoms with E-state index in [2.05, 4.69) is 42.0 Å². The Hall–Kier alpha value is -2.68. The van der Waals surface area contributed by atoms with Crippen LogP contribution in [-0.4, -0.2) is 9.97 Å². The molecule has 0 saturated carbocycles. The zero-order valence-electron chi connectivity index (χ0n) is 13.5. The molecule has 0 amide bonds. The van der Waals surface area contributed by atoms with Crippen LogP contribution in [0.15, 0.2) is 53.2 Å². The lowest BCUT2D eigenvalue weighted by molar-refractivity contribution is 0.669. The number of para-hydroxylation sites is 1. The Morgan fingerprint density at radius 3 is 2.65 bits per heavy atom. The Kier molecular flexibility index (Phi) is 3.15. The van der Waals surface area contributed by atoms with Crippen molar-refractivity contribution in [3.05, 3.63) is 60.0 Å². The molecule has 0 aliphatic rings. The smallest absolute Gasteiger partial charge is 0.148 e. The highest BCUT2D eigenvalue weighted by Crippen LogP contribution is 2.36. The number of aromatic nitrogens is 2. The van der Waals surface area contributed by atoms with E-state index in [9.17, 15) is 0 Å². The Balaban J connectivity index is 2.06. The lowest BCUT2D eigenvalue weighted by atomic mass is 10.0. The fraction of sp³-hybridized carbons (Fsp3) is 0.200. The first-order chi connectivity index (χ1) is 11.1. The van der Waals surface area contributed by atoms with Gasteiger partial charge in [0.25, 0.3) is 0 Å². The van der Waals surface area contributed by atoms with Crippen LogP contribution < -0.4 is 0 Å². The molecule has 0 radical (unpaired) electrons. The summed E-state index contributed by atoms with van der Waals surface area (Å²) in [6.45, 7) is 6.38. The van der Waals surface area contributed by atoms with Crippen LogP contribution in [0.25, 0.3) is 33.2 Å². The number of fused-ring (bicyclic) bond motifs is 3. The van der Waals surface area contributed by atoms with E-state index in [1.807, 2.05) is 37.5 Å². The van der Waals surface area contributed by atoms with Gasteiger partial charge in [0.2, 0.25) is 0 Å². The molecule has 3 nitrogen and oxygen atoms in total.